The Labute approximate surface area is 190 Å². The minimum atomic E-state index is 0. The van der Waals surface area contributed by atoms with Crippen molar-refractivity contribution in [3.63, 3.8) is 0 Å². The van der Waals surface area contributed by atoms with E-state index in [1.807, 2.05) is 12.1 Å². The van der Waals surface area contributed by atoms with Gasteiger partial charge in [0.15, 0.2) is 17.5 Å². The number of ether oxygens (including phenoxy) is 2. The van der Waals surface area contributed by atoms with Crippen molar-refractivity contribution >= 4 is 29.9 Å². The molecule has 0 spiro atoms. The third-order valence-electron chi connectivity index (χ3n) is 4.40. The molecule has 0 atom stereocenters. The molecular weight excluding hydrogens is 479 g/mol. The van der Waals surface area contributed by atoms with Gasteiger partial charge in [0, 0.05) is 19.6 Å². The summed E-state index contributed by atoms with van der Waals surface area (Å²) in [5.74, 6) is 2.49. The second-order valence-electron chi connectivity index (χ2n) is 7.12. The monoisotopic (exact) mass is 510 g/mol. The number of hydrogen-bond acceptors (Lipinski definition) is 4. The number of hydrogen-bond donors (Lipinski definition) is 2. The Morgan fingerprint density at radius 1 is 1.00 bits per heavy atom. The summed E-state index contributed by atoms with van der Waals surface area (Å²) in [4.78, 5) is 6.90. The largest absolute Gasteiger partial charge is 0.454 e. The van der Waals surface area contributed by atoms with Crippen molar-refractivity contribution in [3.8, 4) is 11.5 Å². The molecule has 1 heterocycles. The Bertz CT molecular complexity index is 811. The molecule has 0 amide bonds. The van der Waals surface area contributed by atoms with Crippen molar-refractivity contribution in [2.24, 2.45) is 4.99 Å². The van der Waals surface area contributed by atoms with Gasteiger partial charge in [-0.05, 0) is 56.3 Å². The first-order valence-electron chi connectivity index (χ1n) is 9.77. The maximum Gasteiger partial charge on any atom is 0.231 e. The molecule has 0 aromatic heterocycles. The third-order valence-corrected chi connectivity index (χ3v) is 4.40. The van der Waals surface area contributed by atoms with Crippen molar-refractivity contribution < 1.29 is 9.47 Å². The van der Waals surface area contributed by atoms with Gasteiger partial charge in [0.05, 0.1) is 6.54 Å². The van der Waals surface area contributed by atoms with E-state index in [0.29, 0.717) is 13.3 Å². The van der Waals surface area contributed by atoms with Gasteiger partial charge in [-0.25, -0.2) is 4.99 Å². The molecule has 0 saturated carbocycles. The SMILES string of the molecule is CCNC(=NCc1cccc(CN(C)C)c1)NCCc1ccc2c(c1)OCO2.I. The molecule has 29 heavy (non-hydrogen) atoms. The lowest BCUT2D eigenvalue weighted by Gasteiger charge is -2.12. The van der Waals surface area contributed by atoms with Crippen molar-refractivity contribution in [1.82, 2.24) is 15.5 Å². The number of fused-ring (bicyclic) bond motifs is 1. The molecule has 2 aromatic carbocycles. The number of rotatable bonds is 8. The van der Waals surface area contributed by atoms with Crippen LogP contribution in [-0.4, -0.2) is 44.8 Å². The summed E-state index contributed by atoms with van der Waals surface area (Å²) in [5, 5.41) is 6.73. The van der Waals surface area contributed by atoms with E-state index >= 15 is 0 Å². The third kappa shape index (κ3) is 7.40. The van der Waals surface area contributed by atoms with E-state index in [9.17, 15) is 0 Å². The molecule has 0 fully saturated rings. The molecule has 1 aliphatic heterocycles. The quantitative estimate of drug-likeness (QED) is 0.324. The first-order chi connectivity index (χ1) is 13.6. The number of aliphatic imine (C=N–C) groups is 1. The molecule has 3 rings (SSSR count). The smallest absolute Gasteiger partial charge is 0.231 e. The molecule has 7 heteroatoms. The van der Waals surface area contributed by atoms with Crippen LogP contribution in [0.2, 0.25) is 0 Å². The normalized spacial score (nSPS) is 12.6. The van der Waals surface area contributed by atoms with Crippen LogP contribution in [0, 0.1) is 0 Å². The van der Waals surface area contributed by atoms with E-state index in [0.717, 1.165) is 43.5 Å². The minimum absolute atomic E-state index is 0. The van der Waals surface area contributed by atoms with Gasteiger partial charge in [-0.2, -0.15) is 0 Å². The summed E-state index contributed by atoms with van der Waals surface area (Å²) < 4.78 is 10.8. The van der Waals surface area contributed by atoms with E-state index in [4.69, 9.17) is 14.5 Å². The second-order valence-corrected chi connectivity index (χ2v) is 7.12. The number of nitrogens with zero attached hydrogens (tertiary/aromatic N) is 2. The van der Waals surface area contributed by atoms with Crippen LogP contribution in [0.5, 0.6) is 11.5 Å². The van der Waals surface area contributed by atoms with Gasteiger partial charge in [0.2, 0.25) is 6.79 Å². The highest BCUT2D eigenvalue weighted by molar-refractivity contribution is 14.0. The Morgan fingerprint density at radius 2 is 1.79 bits per heavy atom. The number of guanidine groups is 1. The molecule has 0 radical (unpaired) electrons. The van der Waals surface area contributed by atoms with Crippen LogP contribution in [0.4, 0.5) is 0 Å². The molecule has 158 valence electrons. The first-order valence-corrected chi connectivity index (χ1v) is 9.77. The highest BCUT2D eigenvalue weighted by Gasteiger charge is 2.12. The van der Waals surface area contributed by atoms with Crippen LogP contribution < -0.4 is 20.1 Å². The highest BCUT2D eigenvalue weighted by atomic mass is 127. The molecule has 0 aliphatic carbocycles. The fourth-order valence-corrected chi connectivity index (χ4v) is 3.13. The standard InChI is InChI=1S/C22H30N4O2.HI/c1-4-23-22(25-14-18-6-5-7-19(12-18)15-26(2)3)24-11-10-17-8-9-20-21(13-17)28-16-27-20;/h5-9,12-13H,4,10-11,14-16H2,1-3H3,(H2,23,24,25);1H. The van der Waals surface area contributed by atoms with Crippen molar-refractivity contribution in [2.75, 3.05) is 34.0 Å². The van der Waals surface area contributed by atoms with E-state index in [-0.39, 0.29) is 24.0 Å². The van der Waals surface area contributed by atoms with Gasteiger partial charge in [-0.15, -0.1) is 24.0 Å². The zero-order valence-electron chi connectivity index (χ0n) is 17.4. The molecule has 0 bridgehead atoms. The molecular formula is C22H31IN4O2. The molecule has 2 N–H and O–H groups in total. The second kappa shape index (κ2) is 11.9. The Morgan fingerprint density at radius 3 is 2.59 bits per heavy atom. The molecule has 0 saturated heterocycles. The van der Waals surface area contributed by atoms with Gasteiger partial charge in [-0.1, -0.05) is 30.3 Å². The van der Waals surface area contributed by atoms with Gasteiger partial charge in [0.1, 0.15) is 0 Å². The van der Waals surface area contributed by atoms with Gasteiger partial charge < -0.3 is 25.0 Å². The molecule has 6 nitrogen and oxygen atoms in total. The lowest BCUT2D eigenvalue weighted by molar-refractivity contribution is 0.174. The number of nitrogens with one attached hydrogen (secondary N) is 2. The Hall–Kier alpha value is -2.00. The van der Waals surface area contributed by atoms with E-state index in [1.54, 1.807) is 0 Å². The lowest BCUT2D eigenvalue weighted by atomic mass is 10.1. The minimum Gasteiger partial charge on any atom is -0.454 e. The average Bonchev–Trinajstić information content (AvgIpc) is 3.14. The first kappa shape index (κ1) is 23.3. The van der Waals surface area contributed by atoms with E-state index < -0.39 is 0 Å². The summed E-state index contributed by atoms with van der Waals surface area (Å²) in [7, 11) is 4.16. The number of benzene rings is 2. The van der Waals surface area contributed by atoms with Crippen LogP contribution >= 0.6 is 24.0 Å². The number of halogens is 1. The predicted octanol–water partition coefficient (Wildman–Crippen LogP) is 3.39. The van der Waals surface area contributed by atoms with Crippen LogP contribution in [-0.2, 0) is 19.5 Å². The summed E-state index contributed by atoms with van der Waals surface area (Å²) >= 11 is 0. The van der Waals surface area contributed by atoms with E-state index in [1.165, 1.54) is 16.7 Å². The topological polar surface area (TPSA) is 58.1 Å². The average molecular weight is 510 g/mol. The maximum absolute atomic E-state index is 5.44. The van der Waals surface area contributed by atoms with Crippen LogP contribution in [0.15, 0.2) is 47.5 Å². The van der Waals surface area contributed by atoms with Crippen molar-refractivity contribution in [3.05, 3.63) is 59.2 Å². The van der Waals surface area contributed by atoms with Crippen molar-refractivity contribution in [1.29, 1.82) is 0 Å². The van der Waals surface area contributed by atoms with Gasteiger partial charge >= 0.3 is 0 Å². The molecule has 2 aromatic rings. The van der Waals surface area contributed by atoms with Crippen LogP contribution in [0.1, 0.15) is 23.6 Å². The fraction of sp³-hybridized carbons (Fsp3) is 0.409. The van der Waals surface area contributed by atoms with Gasteiger partial charge in [0.25, 0.3) is 0 Å². The molecule has 0 unspecified atom stereocenters. The summed E-state index contributed by atoms with van der Waals surface area (Å²) in [5.41, 5.74) is 3.73. The highest BCUT2D eigenvalue weighted by Crippen LogP contribution is 2.32. The lowest BCUT2D eigenvalue weighted by Crippen LogP contribution is -2.38. The zero-order valence-corrected chi connectivity index (χ0v) is 19.7. The van der Waals surface area contributed by atoms with E-state index in [2.05, 4.69) is 66.9 Å². The predicted molar refractivity (Wildman–Crippen MR) is 128 cm³/mol. The summed E-state index contributed by atoms with van der Waals surface area (Å²) in [6, 6.07) is 14.7. The Kier molecular flexibility index (Phi) is 9.53. The van der Waals surface area contributed by atoms with Crippen LogP contribution in [0.25, 0.3) is 0 Å². The van der Waals surface area contributed by atoms with Crippen molar-refractivity contribution in [2.45, 2.75) is 26.4 Å². The summed E-state index contributed by atoms with van der Waals surface area (Å²) in [6.07, 6.45) is 0.888. The fourth-order valence-electron chi connectivity index (χ4n) is 3.13. The van der Waals surface area contributed by atoms with Crippen LogP contribution in [0.3, 0.4) is 0 Å². The maximum atomic E-state index is 5.44. The summed E-state index contributed by atoms with van der Waals surface area (Å²) in [6.45, 7) is 5.60. The Balaban J connectivity index is 0.00000300. The molecule has 1 aliphatic rings. The van der Waals surface area contributed by atoms with Gasteiger partial charge in [-0.3, -0.25) is 0 Å². The zero-order chi connectivity index (χ0) is 19.8.